The lowest BCUT2D eigenvalue weighted by Gasteiger charge is -2.10. The summed E-state index contributed by atoms with van der Waals surface area (Å²) in [5.74, 6) is 0. The first-order chi connectivity index (χ1) is 6.38. The molecule has 0 aliphatic heterocycles. The predicted molar refractivity (Wildman–Crippen MR) is 63.6 cm³/mol. The van der Waals surface area contributed by atoms with Crippen LogP contribution in [-0.2, 0) is 0 Å². The summed E-state index contributed by atoms with van der Waals surface area (Å²) in [5, 5.41) is 1.47. The van der Waals surface area contributed by atoms with Crippen molar-refractivity contribution < 1.29 is 0 Å². The second-order valence-electron chi connectivity index (χ2n) is 3.13. The molecule has 2 heteroatoms. The molecular formula is C11H15ClSi. The Morgan fingerprint density at radius 3 is 2.54 bits per heavy atom. The number of halogens is 1. The number of alkyl halides is 1. The van der Waals surface area contributed by atoms with Gasteiger partial charge in [-0.1, -0.05) is 47.6 Å². The second kappa shape index (κ2) is 6.00. The van der Waals surface area contributed by atoms with E-state index in [1.54, 1.807) is 0 Å². The summed E-state index contributed by atoms with van der Waals surface area (Å²) in [6.07, 6.45) is 3.08. The normalized spacial score (nSPS) is 12.4. The molecule has 0 saturated heterocycles. The number of rotatable bonds is 5. The van der Waals surface area contributed by atoms with E-state index in [9.17, 15) is 0 Å². The zero-order chi connectivity index (χ0) is 9.52. The van der Waals surface area contributed by atoms with Gasteiger partial charge in [0.1, 0.15) is 0 Å². The average Bonchev–Trinajstić information content (AvgIpc) is 2.21. The molecule has 13 heavy (non-hydrogen) atoms. The van der Waals surface area contributed by atoms with Crippen LogP contribution in [0.4, 0.5) is 0 Å². The molecule has 1 atom stereocenters. The van der Waals surface area contributed by atoms with Crippen molar-refractivity contribution >= 4 is 25.6 Å². The topological polar surface area (TPSA) is 0 Å². The predicted octanol–water partition coefficient (Wildman–Crippen LogP) is 2.47. The largest absolute Gasteiger partial charge is 0.130 e. The van der Waals surface area contributed by atoms with Crippen LogP contribution in [0, 0.1) is 0 Å². The molecule has 0 fully saturated rings. The third kappa shape index (κ3) is 3.37. The fourth-order valence-electron chi connectivity index (χ4n) is 1.38. The fraction of sp³-hybridized carbons (Fsp3) is 0.273. The first-order valence-corrected chi connectivity index (χ1v) is 7.34. The van der Waals surface area contributed by atoms with Gasteiger partial charge in [0.25, 0.3) is 0 Å². The van der Waals surface area contributed by atoms with E-state index in [1.807, 2.05) is 6.08 Å². The Balaban J connectivity index is 2.61. The molecule has 0 aliphatic carbocycles. The standard InChI is InChI=1S/C11H15ClSi/c1-2-3-9-13(10-12)11-7-5-4-6-8-11/h2,4-8,13H,1,3,9-10H2. The summed E-state index contributed by atoms with van der Waals surface area (Å²) in [4.78, 5) is 0. The SMILES string of the molecule is C=CCC[SiH](CCl)c1ccccc1. The van der Waals surface area contributed by atoms with Crippen molar-refractivity contribution in [2.24, 2.45) is 0 Å². The smallest absolute Gasteiger partial charge is 0.0870 e. The van der Waals surface area contributed by atoms with E-state index < -0.39 is 8.80 Å². The molecule has 0 spiro atoms. The fourth-order valence-corrected chi connectivity index (χ4v) is 4.45. The van der Waals surface area contributed by atoms with Gasteiger partial charge in [-0.05, 0) is 6.42 Å². The maximum Gasteiger partial charge on any atom is 0.0870 e. The molecule has 0 nitrogen and oxygen atoms in total. The van der Waals surface area contributed by atoms with Crippen LogP contribution >= 0.6 is 11.6 Å². The van der Waals surface area contributed by atoms with Crippen LogP contribution in [-0.4, -0.2) is 14.3 Å². The summed E-state index contributed by atoms with van der Waals surface area (Å²) >= 11 is 5.97. The van der Waals surface area contributed by atoms with Crippen molar-refractivity contribution in [2.45, 2.75) is 12.5 Å². The van der Waals surface area contributed by atoms with E-state index in [4.69, 9.17) is 11.6 Å². The summed E-state index contributed by atoms with van der Waals surface area (Å²) in [6, 6.07) is 11.9. The third-order valence-corrected chi connectivity index (χ3v) is 6.02. The quantitative estimate of drug-likeness (QED) is 0.398. The van der Waals surface area contributed by atoms with Crippen molar-refractivity contribution in [3.8, 4) is 0 Å². The molecule has 1 aromatic rings. The minimum absolute atomic E-state index is 0.831. The van der Waals surface area contributed by atoms with Crippen molar-refractivity contribution in [1.82, 2.24) is 0 Å². The number of benzene rings is 1. The molecule has 70 valence electrons. The lowest BCUT2D eigenvalue weighted by molar-refractivity contribution is 1.19. The van der Waals surface area contributed by atoms with Crippen LogP contribution in [0.1, 0.15) is 6.42 Å². The molecular weight excluding hydrogens is 196 g/mol. The Bertz CT molecular complexity index is 246. The Labute approximate surface area is 86.8 Å². The van der Waals surface area contributed by atoms with Crippen molar-refractivity contribution in [2.75, 3.05) is 5.50 Å². The van der Waals surface area contributed by atoms with E-state index in [-0.39, 0.29) is 0 Å². The summed E-state index contributed by atoms with van der Waals surface area (Å²) in [7, 11) is -0.895. The number of hydrogen-bond donors (Lipinski definition) is 0. The van der Waals surface area contributed by atoms with Gasteiger partial charge in [0.05, 0.1) is 8.80 Å². The van der Waals surface area contributed by atoms with Gasteiger partial charge < -0.3 is 0 Å². The van der Waals surface area contributed by atoms with E-state index >= 15 is 0 Å². The maximum atomic E-state index is 5.97. The summed E-state index contributed by atoms with van der Waals surface area (Å²) < 4.78 is 0. The Hall–Kier alpha value is -0.533. The van der Waals surface area contributed by atoms with E-state index in [0.29, 0.717) is 0 Å². The molecule has 0 aliphatic rings. The van der Waals surface area contributed by atoms with Gasteiger partial charge >= 0.3 is 0 Å². The Morgan fingerprint density at radius 1 is 1.31 bits per heavy atom. The summed E-state index contributed by atoms with van der Waals surface area (Å²) in [5.41, 5.74) is 0.831. The number of allylic oxidation sites excluding steroid dienone is 1. The van der Waals surface area contributed by atoms with Gasteiger partial charge in [-0.3, -0.25) is 0 Å². The van der Waals surface area contributed by atoms with Crippen LogP contribution in [0.25, 0.3) is 0 Å². The minimum Gasteiger partial charge on any atom is -0.130 e. The van der Waals surface area contributed by atoms with Crippen LogP contribution in [0.2, 0.25) is 6.04 Å². The third-order valence-electron chi connectivity index (χ3n) is 2.18. The van der Waals surface area contributed by atoms with Gasteiger partial charge in [-0.2, -0.15) is 0 Å². The number of hydrogen-bond acceptors (Lipinski definition) is 0. The van der Waals surface area contributed by atoms with E-state index in [0.717, 1.165) is 11.9 Å². The van der Waals surface area contributed by atoms with Gasteiger partial charge in [0.2, 0.25) is 0 Å². The van der Waals surface area contributed by atoms with Crippen LogP contribution in [0.3, 0.4) is 0 Å². The lowest BCUT2D eigenvalue weighted by atomic mass is 10.4. The molecule has 1 aromatic carbocycles. The van der Waals surface area contributed by atoms with Crippen LogP contribution in [0.5, 0.6) is 0 Å². The van der Waals surface area contributed by atoms with Crippen LogP contribution in [0.15, 0.2) is 43.0 Å². The highest BCUT2D eigenvalue weighted by Gasteiger charge is 2.09. The first kappa shape index (κ1) is 10.5. The van der Waals surface area contributed by atoms with Crippen LogP contribution < -0.4 is 5.19 Å². The van der Waals surface area contributed by atoms with Gasteiger partial charge in [-0.15, -0.1) is 18.2 Å². The van der Waals surface area contributed by atoms with E-state index in [1.165, 1.54) is 11.2 Å². The van der Waals surface area contributed by atoms with Gasteiger partial charge in [-0.25, -0.2) is 0 Å². The second-order valence-corrected chi connectivity index (χ2v) is 7.00. The zero-order valence-electron chi connectivity index (χ0n) is 7.75. The van der Waals surface area contributed by atoms with Gasteiger partial charge in [0.15, 0.2) is 0 Å². The molecule has 0 N–H and O–H groups in total. The first-order valence-electron chi connectivity index (χ1n) is 4.60. The Kier molecular flexibility index (Phi) is 4.87. The molecule has 0 aromatic heterocycles. The highest BCUT2D eigenvalue weighted by atomic mass is 35.5. The molecule has 0 bridgehead atoms. The highest BCUT2D eigenvalue weighted by molar-refractivity contribution is 6.79. The highest BCUT2D eigenvalue weighted by Crippen LogP contribution is 2.01. The van der Waals surface area contributed by atoms with Crippen molar-refractivity contribution in [3.63, 3.8) is 0 Å². The minimum atomic E-state index is -0.895. The molecule has 1 rings (SSSR count). The molecule has 0 saturated carbocycles. The van der Waals surface area contributed by atoms with Gasteiger partial charge in [0, 0.05) is 5.50 Å². The summed E-state index contributed by atoms with van der Waals surface area (Å²) in [6.45, 7) is 3.74. The molecule has 0 heterocycles. The molecule has 0 radical (unpaired) electrons. The maximum absolute atomic E-state index is 5.97. The lowest BCUT2D eigenvalue weighted by Crippen LogP contribution is -2.31. The Morgan fingerprint density at radius 2 is 2.00 bits per heavy atom. The van der Waals surface area contributed by atoms with Crippen molar-refractivity contribution in [1.29, 1.82) is 0 Å². The van der Waals surface area contributed by atoms with Crippen molar-refractivity contribution in [3.05, 3.63) is 43.0 Å². The zero-order valence-corrected chi connectivity index (χ0v) is 9.66. The van der Waals surface area contributed by atoms with E-state index in [2.05, 4.69) is 36.9 Å². The monoisotopic (exact) mass is 210 g/mol. The molecule has 1 unspecified atom stereocenters. The molecule has 0 amide bonds. The average molecular weight is 211 g/mol.